The Kier molecular flexibility index (Phi) is 5.06. The van der Waals surface area contributed by atoms with E-state index in [1.54, 1.807) is 16.7 Å². The zero-order chi connectivity index (χ0) is 21.9. The predicted octanol–water partition coefficient (Wildman–Crippen LogP) is 7.13. The van der Waals surface area contributed by atoms with E-state index in [-0.39, 0.29) is 0 Å². The molecule has 1 aromatic carbocycles. The van der Waals surface area contributed by atoms with Crippen LogP contribution in [-0.2, 0) is 0 Å². The third-order valence-corrected chi connectivity index (χ3v) is 9.92. The second kappa shape index (κ2) is 7.83. The summed E-state index contributed by atoms with van der Waals surface area (Å²) in [5.74, 6) is 3.10. The summed E-state index contributed by atoms with van der Waals surface area (Å²) in [5, 5.41) is 2.60. The first-order chi connectivity index (χ1) is 15.5. The maximum Gasteiger partial charge on any atom is 0.0346 e. The molecular formula is C30H38N2. The summed E-state index contributed by atoms with van der Waals surface area (Å²) in [6.07, 6.45) is 20.1. The summed E-state index contributed by atoms with van der Waals surface area (Å²) < 4.78 is 0. The van der Waals surface area contributed by atoms with E-state index in [1.807, 2.05) is 12.4 Å². The van der Waals surface area contributed by atoms with Crippen molar-refractivity contribution in [1.29, 1.82) is 0 Å². The summed E-state index contributed by atoms with van der Waals surface area (Å²) in [7, 11) is 4.54. The van der Waals surface area contributed by atoms with Crippen LogP contribution >= 0.6 is 0 Å². The Labute approximate surface area is 193 Å². The molecule has 0 aliphatic heterocycles. The molecule has 4 aliphatic carbocycles. The van der Waals surface area contributed by atoms with Crippen LogP contribution in [0.5, 0.6) is 0 Å². The Morgan fingerprint density at radius 3 is 2.78 bits per heavy atom. The maximum absolute atomic E-state index is 4.38. The molecule has 2 aromatic rings. The fourth-order valence-electron chi connectivity index (χ4n) is 8.03. The van der Waals surface area contributed by atoms with E-state index in [0.29, 0.717) is 11.3 Å². The van der Waals surface area contributed by atoms with Crippen molar-refractivity contribution in [2.75, 3.05) is 14.1 Å². The molecule has 2 heteroatoms. The van der Waals surface area contributed by atoms with Gasteiger partial charge < -0.3 is 4.90 Å². The minimum Gasteiger partial charge on any atom is -0.306 e. The number of benzene rings is 1. The molecular weight excluding hydrogens is 388 g/mol. The van der Waals surface area contributed by atoms with Gasteiger partial charge in [0.15, 0.2) is 0 Å². The van der Waals surface area contributed by atoms with Crippen molar-refractivity contribution >= 4 is 10.8 Å². The van der Waals surface area contributed by atoms with Crippen molar-refractivity contribution < 1.29 is 0 Å². The van der Waals surface area contributed by atoms with Crippen molar-refractivity contribution in [1.82, 2.24) is 9.88 Å². The standard InChI is InChI=1S/C30H38N2/c1-30-14-12-23-16-21-6-8-26(32(2)3)18-22(21)7-9-27(23)29(30)11-10-28(30)24-5-4-20-13-15-31-19-25(20)17-24/h4-5,12-13,15-17,19,22,26-29H,6-11,14,18H2,1-3H3. The highest BCUT2D eigenvalue weighted by atomic mass is 15.1. The molecule has 0 bridgehead atoms. The van der Waals surface area contributed by atoms with E-state index in [0.717, 1.165) is 23.8 Å². The van der Waals surface area contributed by atoms with E-state index in [9.17, 15) is 0 Å². The van der Waals surface area contributed by atoms with Crippen LogP contribution in [0.3, 0.4) is 0 Å². The molecule has 0 amide bonds. The number of pyridine rings is 1. The van der Waals surface area contributed by atoms with Crippen LogP contribution in [0.1, 0.15) is 69.8 Å². The highest BCUT2D eigenvalue weighted by molar-refractivity contribution is 5.82. The molecule has 0 spiro atoms. The van der Waals surface area contributed by atoms with Gasteiger partial charge in [-0.05, 0) is 123 Å². The number of hydrogen-bond donors (Lipinski definition) is 0. The molecule has 0 N–H and O–H groups in total. The SMILES string of the molecule is CN(C)C1CCC2=CC3=CCC4(C)C(c5ccc6ccncc6c5)CCC4C3CCC2C1. The first-order valence-corrected chi connectivity index (χ1v) is 12.9. The zero-order valence-corrected chi connectivity index (χ0v) is 20.1. The quantitative estimate of drug-likeness (QED) is 0.508. The largest absolute Gasteiger partial charge is 0.306 e. The third kappa shape index (κ3) is 3.29. The smallest absolute Gasteiger partial charge is 0.0346 e. The normalized spacial score (nSPS) is 36.7. The van der Waals surface area contributed by atoms with Gasteiger partial charge in [-0.25, -0.2) is 0 Å². The summed E-state index contributed by atoms with van der Waals surface area (Å²) in [6.45, 7) is 2.61. The summed E-state index contributed by atoms with van der Waals surface area (Å²) in [6, 6.07) is 10.1. The minimum absolute atomic E-state index is 0.393. The molecule has 4 aliphatic rings. The van der Waals surface area contributed by atoms with Crippen LogP contribution in [0.25, 0.3) is 10.8 Å². The number of hydrogen-bond acceptors (Lipinski definition) is 2. The van der Waals surface area contributed by atoms with Gasteiger partial charge in [0.2, 0.25) is 0 Å². The van der Waals surface area contributed by atoms with Crippen LogP contribution < -0.4 is 0 Å². The molecule has 0 radical (unpaired) electrons. The van der Waals surface area contributed by atoms with Crippen molar-refractivity contribution in [3.8, 4) is 0 Å². The maximum atomic E-state index is 4.38. The summed E-state index contributed by atoms with van der Waals surface area (Å²) >= 11 is 0. The van der Waals surface area contributed by atoms with Crippen LogP contribution in [0.2, 0.25) is 0 Å². The minimum atomic E-state index is 0.393. The van der Waals surface area contributed by atoms with Crippen LogP contribution in [0.4, 0.5) is 0 Å². The van der Waals surface area contributed by atoms with E-state index in [1.165, 1.54) is 62.1 Å². The van der Waals surface area contributed by atoms with Gasteiger partial charge in [-0.15, -0.1) is 0 Å². The molecule has 1 aromatic heterocycles. The summed E-state index contributed by atoms with van der Waals surface area (Å²) in [4.78, 5) is 6.84. The predicted molar refractivity (Wildman–Crippen MR) is 134 cm³/mol. The molecule has 1 heterocycles. The lowest BCUT2D eigenvalue weighted by Gasteiger charge is -2.44. The van der Waals surface area contributed by atoms with Gasteiger partial charge in [0, 0.05) is 23.8 Å². The average Bonchev–Trinajstić information content (AvgIpc) is 3.04. The van der Waals surface area contributed by atoms with Crippen LogP contribution in [0, 0.1) is 23.2 Å². The van der Waals surface area contributed by atoms with E-state index in [4.69, 9.17) is 0 Å². The van der Waals surface area contributed by atoms with Crippen molar-refractivity contribution in [2.45, 2.75) is 70.3 Å². The number of fused-ring (bicyclic) bond motifs is 5. The average molecular weight is 427 g/mol. The Hall–Kier alpha value is -1.93. The number of rotatable bonds is 2. The van der Waals surface area contributed by atoms with E-state index in [2.05, 4.69) is 67.3 Å². The first-order valence-electron chi connectivity index (χ1n) is 12.9. The van der Waals surface area contributed by atoms with Gasteiger partial charge >= 0.3 is 0 Å². The van der Waals surface area contributed by atoms with Gasteiger partial charge in [-0.2, -0.15) is 0 Å². The van der Waals surface area contributed by atoms with E-state index < -0.39 is 0 Å². The number of aromatic nitrogens is 1. The lowest BCUT2D eigenvalue weighted by Crippen LogP contribution is -2.35. The van der Waals surface area contributed by atoms with Crippen molar-refractivity contribution in [2.24, 2.45) is 23.2 Å². The fraction of sp³-hybridized carbons (Fsp3) is 0.567. The molecule has 0 saturated heterocycles. The monoisotopic (exact) mass is 426 g/mol. The molecule has 2 fully saturated rings. The van der Waals surface area contributed by atoms with Gasteiger partial charge in [0.05, 0.1) is 0 Å². The molecule has 32 heavy (non-hydrogen) atoms. The van der Waals surface area contributed by atoms with Crippen molar-refractivity contribution in [3.05, 3.63) is 65.5 Å². The molecule has 2 nitrogen and oxygen atoms in total. The molecule has 6 rings (SSSR count). The highest BCUT2D eigenvalue weighted by Gasteiger charge is 2.52. The topological polar surface area (TPSA) is 16.1 Å². The third-order valence-electron chi connectivity index (χ3n) is 9.92. The number of allylic oxidation sites excluding steroid dienone is 4. The first kappa shape index (κ1) is 20.7. The van der Waals surface area contributed by atoms with Crippen LogP contribution in [-0.4, -0.2) is 30.0 Å². The Morgan fingerprint density at radius 2 is 1.91 bits per heavy atom. The van der Waals surface area contributed by atoms with E-state index >= 15 is 0 Å². The van der Waals surface area contributed by atoms with Crippen LogP contribution in [0.15, 0.2) is 60.0 Å². The molecule has 2 saturated carbocycles. The lowest BCUT2D eigenvalue weighted by atomic mass is 9.60. The molecule has 168 valence electrons. The Balaban J connectivity index is 1.28. The lowest BCUT2D eigenvalue weighted by molar-refractivity contribution is 0.134. The fourth-order valence-corrected chi connectivity index (χ4v) is 8.03. The summed E-state index contributed by atoms with van der Waals surface area (Å²) in [5.41, 5.74) is 5.42. The van der Waals surface area contributed by atoms with Gasteiger partial charge in [-0.1, -0.05) is 36.8 Å². The van der Waals surface area contributed by atoms with Crippen molar-refractivity contribution in [3.63, 3.8) is 0 Å². The molecule has 6 atom stereocenters. The zero-order valence-electron chi connectivity index (χ0n) is 20.1. The van der Waals surface area contributed by atoms with Gasteiger partial charge in [-0.3, -0.25) is 4.98 Å². The number of nitrogens with zero attached hydrogens (tertiary/aromatic N) is 2. The molecule has 6 unspecified atom stereocenters. The Morgan fingerprint density at radius 1 is 1.00 bits per heavy atom. The second-order valence-electron chi connectivity index (χ2n) is 11.6. The van der Waals surface area contributed by atoms with Gasteiger partial charge in [0.25, 0.3) is 0 Å². The highest BCUT2D eigenvalue weighted by Crippen LogP contribution is 2.62. The van der Waals surface area contributed by atoms with Gasteiger partial charge in [0.1, 0.15) is 0 Å². The second-order valence-corrected chi connectivity index (χ2v) is 11.6. The Bertz CT molecular complexity index is 1080.